The van der Waals surface area contributed by atoms with Gasteiger partial charge < -0.3 is 5.32 Å². The number of anilines is 1. The van der Waals surface area contributed by atoms with E-state index in [1.807, 2.05) is 6.92 Å². The van der Waals surface area contributed by atoms with Gasteiger partial charge in [-0.3, -0.25) is 0 Å². The Hall–Kier alpha value is -1.22. The molecule has 2 aromatic heterocycles. The van der Waals surface area contributed by atoms with Gasteiger partial charge in [-0.25, -0.2) is 4.98 Å². The fraction of sp³-hybridized carbons (Fsp3) is 0.375. The Kier molecular flexibility index (Phi) is 3.29. The normalized spacial score (nSPS) is 11.8. The minimum Gasteiger partial charge on any atom is -0.355 e. The summed E-state index contributed by atoms with van der Waals surface area (Å²) in [5.41, 5.74) is 0. The number of nitrogens with one attached hydrogen (secondary N) is 1. The van der Waals surface area contributed by atoms with Crippen molar-refractivity contribution in [2.24, 2.45) is 0 Å². The van der Waals surface area contributed by atoms with Crippen LogP contribution >= 0.6 is 22.9 Å². The Morgan fingerprint density at radius 2 is 2.18 bits per heavy atom. The SMILES string of the molecule is Cc1ncc(CNc2nc(C(F)(F)F)ns2)s1. The van der Waals surface area contributed by atoms with Crippen molar-refractivity contribution in [1.82, 2.24) is 14.3 Å². The van der Waals surface area contributed by atoms with Crippen LogP contribution in [0.5, 0.6) is 0 Å². The Bertz CT molecular complexity index is 505. The number of thiazole rings is 1. The van der Waals surface area contributed by atoms with Crippen molar-refractivity contribution in [3.05, 3.63) is 21.9 Å². The summed E-state index contributed by atoms with van der Waals surface area (Å²) in [6.45, 7) is 2.26. The number of hydrogen-bond acceptors (Lipinski definition) is 6. The summed E-state index contributed by atoms with van der Waals surface area (Å²) in [4.78, 5) is 8.33. The fourth-order valence-electron chi connectivity index (χ4n) is 1.06. The lowest BCUT2D eigenvalue weighted by molar-refractivity contribution is -0.144. The molecule has 0 bridgehead atoms. The van der Waals surface area contributed by atoms with E-state index in [1.54, 1.807) is 6.20 Å². The van der Waals surface area contributed by atoms with Crippen molar-refractivity contribution in [1.29, 1.82) is 0 Å². The first kappa shape index (κ1) is 12.2. The number of hydrogen-bond donors (Lipinski definition) is 1. The number of halogens is 3. The number of aryl methyl sites for hydroxylation is 1. The van der Waals surface area contributed by atoms with Crippen LogP contribution in [0.15, 0.2) is 6.20 Å². The highest BCUT2D eigenvalue weighted by Crippen LogP contribution is 2.29. The summed E-state index contributed by atoms with van der Waals surface area (Å²) in [7, 11) is 0. The predicted molar refractivity (Wildman–Crippen MR) is 59.1 cm³/mol. The average Bonchev–Trinajstić information content (AvgIpc) is 2.82. The lowest BCUT2D eigenvalue weighted by Crippen LogP contribution is -2.07. The first-order valence-electron chi connectivity index (χ1n) is 4.51. The number of nitrogens with zero attached hydrogens (tertiary/aromatic N) is 3. The molecule has 4 nitrogen and oxygen atoms in total. The molecule has 0 atom stereocenters. The molecule has 2 heterocycles. The van der Waals surface area contributed by atoms with E-state index >= 15 is 0 Å². The summed E-state index contributed by atoms with van der Waals surface area (Å²) in [6, 6.07) is 0. The van der Waals surface area contributed by atoms with Crippen LogP contribution in [-0.4, -0.2) is 14.3 Å². The van der Waals surface area contributed by atoms with E-state index in [2.05, 4.69) is 19.7 Å². The number of alkyl halides is 3. The zero-order chi connectivity index (χ0) is 12.5. The van der Waals surface area contributed by atoms with Gasteiger partial charge >= 0.3 is 6.18 Å². The topological polar surface area (TPSA) is 50.7 Å². The van der Waals surface area contributed by atoms with E-state index < -0.39 is 12.0 Å². The fourth-order valence-corrected chi connectivity index (χ4v) is 2.38. The van der Waals surface area contributed by atoms with E-state index in [0.29, 0.717) is 18.1 Å². The van der Waals surface area contributed by atoms with Gasteiger partial charge in [-0.05, 0) is 6.92 Å². The number of aromatic nitrogens is 3. The minimum absolute atomic E-state index is 0.156. The van der Waals surface area contributed by atoms with Gasteiger partial charge in [-0.15, -0.1) is 11.3 Å². The molecule has 0 unspecified atom stereocenters. The maximum Gasteiger partial charge on any atom is 0.452 e. The molecule has 9 heteroatoms. The highest BCUT2D eigenvalue weighted by molar-refractivity contribution is 7.11. The smallest absolute Gasteiger partial charge is 0.355 e. The average molecular weight is 280 g/mol. The van der Waals surface area contributed by atoms with Gasteiger partial charge in [0.15, 0.2) is 0 Å². The van der Waals surface area contributed by atoms with Crippen LogP contribution in [0.3, 0.4) is 0 Å². The molecule has 0 aliphatic heterocycles. The molecule has 2 aromatic rings. The van der Waals surface area contributed by atoms with E-state index in [-0.39, 0.29) is 5.13 Å². The highest BCUT2D eigenvalue weighted by atomic mass is 32.1. The molecule has 0 aromatic carbocycles. The molecule has 92 valence electrons. The summed E-state index contributed by atoms with van der Waals surface area (Å²) in [5.74, 6) is -1.11. The van der Waals surface area contributed by atoms with Gasteiger partial charge in [0.05, 0.1) is 11.6 Å². The molecule has 0 saturated carbocycles. The second-order valence-electron chi connectivity index (χ2n) is 3.12. The molecule has 0 aliphatic carbocycles. The second-order valence-corrected chi connectivity index (χ2v) is 5.19. The van der Waals surface area contributed by atoms with Crippen molar-refractivity contribution in [3.8, 4) is 0 Å². The van der Waals surface area contributed by atoms with Crippen molar-refractivity contribution in [2.45, 2.75) is 19.6 Å². The molecule has 1 N–H and O–H groups in total. The van der Waals surface area contributed by atoms with Crippen molar-refractivity contribution in [2.75, 3.05) is 5.32 Å². The van der Waals surface area contributed by atoms with Crippen LogP contribution in [0.1, 0.15) is 15.7 Å². The molecule has 2 rings (SSSR count). The highest BCUT2D eigenvalue weighted by Gasteiger charge is 2.36. The van der Waals surface area contributed by atoms with Gasteiger partial charge in [0.2, 0.25) is 11.0 Å². The Labute approximate surface area is 103 Å². The lowest BCUT2D eigenvalue weighted by atomic mass is 10.5. The van der Waals surface area contributed by atoms with Crippen molar-refractivity contribution in [3.63, 3.8) is 0 Å². The van der Waals surface area contributed by atoms with E-state index in [1.165, 1.54) is 11.3 Å². The summed E-state index contributed by atoms with van der Waals surface area (Å²) in [6.07, 6.45) is -2.81. The van der Waals surface area contributed by atoms with Crippen molar-refractivity contribution < 1.29 is 13.2 Å². The third kappa shape index (κ3) is 3.13. The van der Waals surface area contributed by atoms with E-state index in [4.69, 9.17) is 0 Å². The van der Waals surface area contributed by atoms with E-state index in [9.17, 15) is 13.2 Å². The van der Waals surface area contributed by atoms with Crippen LogP contribution in [0, 0.1) is 6.92 Å². The van der Waals surface area contributed by atoms with Crippen LogP contribution in [0.25, 0.3) is 0 Å². The molecule has 0 saturated heterocycles. The second kappa shape index (κ2) is 4.57. The summed E-state index contributed by atoms with van der Waals surface area (Å²) < 4.78 is 39.9. The molecule has 0 fully saturated rings. The third-order valence-electron chi connectivity index (χ3n) is 1.76. The standard InChI is InChI=1S/C8H7F3N4S2/c1-4-12-2-5(16-4)3-13-7-14-6(15-17-7)8(9,10)11/h2H,3H2,1H3,(H,13,14,15). The molecule has 0 aliphatic rings. The maximum atomic E-state index is 12.2. The molecular weight excluding hydrogens is 273 g/mol. The first-order chi connectivity index (χ1) is 7.95. The largest absolute Gasteiger partial charge is 0.452 e. The molecular formula is C8H7F3N4S2. The molecule has 0 amide bonds. The zero-order valence-corrected chi connectivity index (χ0v) is 10.2. The van der Waals surface area contributed by atoms with Gasteiger partial charge in [-0.1, -0.05) is 0 Å². The summed E-state index contributed by atoms with van der Waals surface area (Å²) in [5, 5.41) is 3.85. The zero-order valence-electron chi connectivity index (χ0n) is 8.58. The minimum atomic E-state index is -4.49. The molecule has 0 spiro atoms. The van der Waals surface area contributed by atoms with Gasteiger partial charge in [0, 0.05) is 22.6 Å². The quantitative estimate of drug-likeness (QED) is 0.939. The lowest BCUT2D eigenvalue weighted by Gasteiger charge is -1.99. The van der Waals surface area contributed by atoms with E-state index in [0.717, 1.165) is 9.88 Å². The Balaban J connectivity index is 1.98. The predicted octanol–water partition coefficient (Wildman–Crippen LogP) is 2.93. The van der Waals surface area contributed by atoms with Gasteiger partial charge in [0.1, 0.15) is 0 Å². The van der Waals surface area contributed by atoms with Gasteiger partial charge in [-0.2, -0.15) is 22.5 Å². The Morgan fingerprint density at radius 1 is 1.41 bits per heavy atom. The van der Waals surface area contributed by atoms with Crippen molar-refractivity contribution >= 4 is 28.0 Å². The monoisotopic (exact) mass is 280 g/mol. The van der Waals surface area contributed by atoms with Crippen LogP contribution in [0.4, 0.5) is 18.3 Å². The maximum absolute atomic E-state index is 12.2. The first-order valence-corrected chi connectivity index (χ1v) is 6.10. The third-order valence-corrected chi connectivity index (χ3v) is 3.35. The number of rotatable bonds is 3. The Morgan fingerprint density at radius 3 is 2.71 bits per heavy atom. The summed E-state index contributed by atoms with van der Waals surface area (Å²) >= 11 is 2.17. The van der Waals surface area contributed by atoms with Gasteiger partial charge in [0.25, 0.3) is 0 Å². The van der Waals surface area contributed by atoms with Crippen LogP contribution in [-0.2, 0) is 12.7 Å². The van der Waals surface area contributed by atoms with Crippen LogP contribution in [0.2, 0.25) is 0 Å². The molecule has 0 radical (unpaired) electrons. The molecule has 17 heavy (non-hydrogen) atoms. The van der Waals surface area contributed by atoms with Crippen LogP contribution < -0.4 is 5.32 Å².